The smallest absolute Gasteiger partial charge is 0.201 e. The van der Waals surface area contributed by atoms with E-state index in [-0.39, 0.29) is 41.6 Å². The number of nitrogen functional groups attached to an aromatic ring is 1. The summed E-state index contributed by atoms with van der Waals surface area (Å²) in [5.41, 5.74) is 7.88. The van der Waals surface area contributed by atoms with Gasteiger partial charge >= 0.3 is 0 Å². The fourth-order valence-corrected chi connectivity index (χ4v) is 7.09. The molecule has 12 nitrogen and oxygen atoms in total. The number of Topliss-reactive ketones (excluding diaryl/α,β-unsaturated/α-hetero) is 1. The van der Waals surface area contributed by atoms with Crippen LogP contribution in [0.4, 0.5) is 10.2 Å². The molecule has 3 aromatic heterocycles. The van der Waals surface area contributed by atoms with E-state index in [9.17, 15) is 14.9 Å². The molecule has 0 saturated carbocycles. The largest absolute Gasteiger partial charge is 0.493 e. The molecule has 2 aliphatic heterocycles. The number of nitriles is 1. The Labute approximate surface area is 331 Å². The SMILES string of the molecule is COc1cc(-c2cnc(N)c(-c3ccc(CC(=O)c4cn(CC5(C#N)CCOCC5)cc(-c5ccc(Br)cn5)c4=O)cc3F)c2)ccc1OC[C@H]1COCCO1. The number of rotatable bonds is 12. The van der Waals surface area contributed by atoms with Crippen LogP contribution >= 0.6 is 15.9 Å². The van der Waals surface area contributed by atoms with Crippen molar-refractivity contribution in [1.82, 2.24) is 14.5 Å². The van der Waals surface area contributed by atoms with Gasteiger partial charge < -0.3 is 34.0 Å². The zero-order chi connectivity index (χ0) is 39.2. The lowest BCUT2D eigenvalue weighted by molar-refractivity contribution is -0.101. The fourth-order valence-electron chi connectivity index (χ4n) is 6.85. The molecule has 0 amide bonds. The number of methoxy groups -OCH3 is 1. The van der Waals surface area contributed by atoms with E-state index in [1.54, 1.807) is 72.7 Å². The second kappa shape index (κ2) is 17.1. The first kappa shape index (κ1) is 38.8. The van der Waals surface area contributed by atoms with Crippen molar-refractivity contribution in [3.8, 4) is 51.1 Å². The average Bonchev–Trinajstić information content (AvgIpc) is 3.22. The lowest BCUT2D eigenvalue weighted by atomic mass is 9.81. The fraction of sp³-hybridized carbons (Fsp3) is 0.310. The summed E-state index contributed by atoms with van der Waals surface area (Å²) in [5.74, 6) is 0.0354. The summed E-state index contributed by atoms with van der Waals surface area (Å²) in [4.78, 5) is 36.5. The molecule has 1 atom stereocenters. The minimum Gasteiger partial charge on any atom is -0.493 e. The summed E-state index contributed by atoms with van der Waals surface area (Å²) in [5, 5.41) is 10.1. The number of ether oxygens (including phenoxy) is 5. The average molecular weight is 825 g/mol. The minimum absolute atomic E-state index is 0.0822. The highest BCUT2D eigenvalue weighted by Crippen LogP contribution is 2.37. The molecule has 14 heteroatoms. The number of ketones is 1. The highest BCUT2D eigenvalue weighted by Gasteiger charge is 2.33. The van der Waals surface area contributed by atoms with Crippen molar-refractivity contribution in [2.24, 2.45) is 5.41 Å². The van der Waals surface area contributed by atoms with E-state index in [0.29, 0.717) is 86.4 Å². The summed E-state index contributed by atoms with van der Waals surface area (Å²) in [6.07, 6.45) is 6.89. The summed E-state index contributed by atoms with van der Waals surface area (Å²) in [7, 11) is 1.55. The van der Waals surface area contributed by atoms with Gasteiger partial charge in [0.1, 0.15) is 24.3 Å². The second-order valence-corrected chi connectivity index (χ2v) is 14.7. The van der Waals surface area contributed by atoms with Crippen LogP contribution in [-0.4, -0.2) is 73.2 Å². The first-order valence-electron chi connectivity index (χ1n) is 18.1. The van der Waals surface area contributed by atoms with Gasteiger partial charge in [-0.15, -0.1) is 0 Å². The Hall–Kier alpha value is -5.46. The third kappa shape index (κ3) is 8.66. The maximum atomic E-state index is 15.9. The number of nitrogens with zero attached hydrogens (tertiary/aromatic N) is 4. The summed E-state index contributed by atoms with van der Waals surface area (Å²) < 4.78 is 46.6. The number of benzene rings is 2. The maximum absolute atomic E-state index is 15.9. The maximum Gasteiger partial charge on any atom is 0.201 e. The molecule has 0 aliphatic carbocycles. The molecule has 288 valence electrons. The summed E-state index contributed by atoms with van der Waals surface area (Å²) in [6, 6.07) is 17.5. The van der Waals surface area contributed by atoms with Gasteiger partial charge in [-0.25, -0.2) is 9.37 Å². The molecule has 2 saturated heterocycles. The van der Waals surface area contributed by atoms with Gasteiger partial charge in [-0.3, -0.25) is 14.6 Å². The number of aromatic nitrogens is 3. The van der Waals surface area contributed by atoms with Gasteiger partial charge in [-0.2, -0.15) is 5.26 Å². The van der Waals surface area contributed by atoms with Crippen LogP contribution in [0.25, 0.3) is 33.5 Å². The number of carbonyl (C=O) groups is 1. The predicted molar refractivity (Wildman–Crippen MR) is 210 cm³/mol. The second-order valence-electron chi connectivity index (χ2n) is 13.8. The van der Waals surface area contributed by atoms with Crippen LogP contribution in [0.3, 0.4) is 0 Å². The van der Waals surface area contributed by atoms with Gasteiger partial charge in [0.25, 0.3) is 0 Å². The van der Waals surface area contributed by atoms with E-state index in [0.717, 1.165) is 10.0 Å². The minimum atomic E-state index is -0.727. The Morgan fingerprint density at radius 2 is 1.82 bits per heavy atom. The molecular formula is C42H39BrFN5O7. The molecule has 0 unspecified atom stereocenters. The molecule has 0 spiro atoms. The van der Waals surface area contributed by atoms with Gasteiger partial charge in [0.2, 0.25) is 5.43 Å². The van der Waals surface area contributed by atoms with Crippen LogP contribution < -0.4 is 20.6 Å². The molecule has 2 N–H and O–H groups in total. The lowest BCUT2D eigenvalue weighted by Gasteiger charge is -2.31. The third-order valence-electron chi connectivity index (χ3n) is 9.97. The molecule has 0 radical (unpaired) electrons. The molecule has 5 aromatic rings. The quantitative estimate of drug-likeness (QED) is 0.134. The van der Waals surface area contributed by atoms with Crippen LogP contribution in [-0.2, 0) is 27.2 Å². The van der Waals surface area contributed by atoms with Crippen molar-refractivity contribution < 1.29 is 32.9 Å². The molecule has 0 bridgehead atoms. The van der Waals surface area contributed by atoms with Gasteiger partial charge in [0.15, 0.2) is 17.3 Å². The van der Waals surface area contributed by atoms with Crippen LogP contribution in [0.5, 0.6) is 11.5 Å². The standard InChI is InChI=1S/C42H39BrFN5O7/c1-52-39-17-27(3-7-38(39)56-23-30-22-54-12-13-55-30)28-16-32(41(46)48-18-28)31-5-2-26(14-35(31)44)15-37(50)34-21-49(25-42(24-45)8-10-53-11-9-42)20-33(40(34)51)36-6-4-29(43)19-47-36/h2-7,14,16-21,30H,8-13,15,22-23,25H2,1H3,(H2,46,48)/t30-/m1/s1. The van der Waals surface area contributed by atoms with E-state index < -0.39 is 22.4 Å². The van der Waals surface area contributed by atoms with Crippen molar-refractivity contribution in [2.75, 3.05) is 52.5 Å². The van der Waals surface area contributed by atoms with Gasteiger partial charge in [0.05, 0.1) is 55.2 Å². The third-order valence-corrected chi connectivity index (χ3v) is 10.4. The van der Waals surface area contributed by atoms with Crippen LogP contribution in [0, 0.1) is 22.6 Å². The Morgan fingerprint density at radius 1 is 0.982 bits per heavy atom. The van der Waals surface area contributed by atoms with Crippen LogP contribution in [0.2, 0.25) is 0 Å². The molecule has 2 aliphatic rings. The highest BCUT2D eigenvalue weighted by atomic mass is 79.9. The Balaban J connectivity index is 1.13. The van der Waals surface area contributed by atoms with E-state index in [4.69, 9.17) is 29.4 Å². The van der Waals surface area contributed by atoms with Crippen molar-refractivity contribution >= 4 is 27.5 Å². The van der Waals surface area contributed by atoms with Crippen LogP contribution in [0.1, 0.15) is 28.8 Å². The molecule has 5 heterocycles. The zero-order valence-corrected chi connectivity index (χ0v) is 32.2. The summed E-state index contributed by atoms with van der Waals surface area (Å²) in [6.45, 7) is 2.98. The number of hydrogen-bond donors (Lipinski definition) is 1. The van der Waals surface area contributed by atoms with Crippen molar-refractivity contribution in [1.29, 1.82) is 5.26 Å². The Bertz CT molecular complexity index is 2330. The number of carbonyl (C=O) groups excluding carboxylic acids is 1. The zero-order valence-electron chi connectivity index (χ0n) is 30.6. The van der Waals surface area contributed by atoms with Crippen molar-refractivity contribution in [2.45, 2.75) is 31.9 Å². The van der Waals surface area contributed by atoms with E-state index in [1.165, 1.54) is 12.3 Å². The van der Waals surface area contributed by atoms with Crippen LogP contribution in [0.15, 0.2) is 88.7 Å². The number of anilines is 1. The molecule has 2 aromatic carbocycles. The van der Waals surface area contributed by atoms with Gasteiger partial charge in [-0.05, 0) is 76.3 Å². The highest BCUT2D eigenvalue weighted by molar-refractivity contribution is 9.10. The number of pyridine rings is 3. The lowest BCUT2D eigenvalue weighted by Crippen LogP contribution is -2.33. The molecule has 56 heavy (non-hydrogen) atoms. The van der Waals surface area contributed by atoms with Crippen molar-refractivity contribution in [3.63, 3.8) is 0 Å². The number of hydrogen-bond acceptors (Lipinski definition) is 11. The topological polar surface area (TPSA) is 161 Å². The molecule has 7 rings (SSSR count). The first-order chi connectivity index (χ1) is 27.1. The van der Waals surface area contributed by atoms with E-state index >= 15 is 4.39 Å². The van der Waals surface area contributed by atoms with E-state index in [2.05, 4.69) is 32.0 Å². The normalized spacial score (nSPS) is 16.5. The first-order valence-corrected chi connectivity index (χ1v) is 18.9. The van der Waals surface area contributed by atoms with E-state index in [1.807, 2.05) is 6.07 Å². The Kier molecular flexibility index (Phi) is 11.9. The molecular weight excluding hydrogens is 785 g/mol. The van der Waals surface area contributed by atoms with Crippen molar-refractivity contribution in [3.05, 3.63) is 111 Å². The number of halogens is 2. The predicted octanol–water partition coefficient (Wildman–Crippen LogP) is 6.67. The van der Waals surface area contributed by atoms with Gasteiger partial charge in [-0.1, -0.05) is 18.2 Å². The summed E-state index contributed by atoms with van der Waals surface area (Å²) >= 11 is 3.37. The Morgan fingerprint density at radius 3 is 2.54 bits per heavy atom. The van der Waals surface area contributed by atoms with Gasteiger partial charge in [0, 0.05) is 72.1 Å². The molecule has 2 fully saturated rings. The number of nitrogens with two attached hydrogens (primary N) is 1. The monoisotopic (exact) mass is 823 g/mol.